The summed E-state index contributed by atoms with van der Waals surface area (Å²) in [6.45, 7) is 1.88. The molecule has 2 aromatic rings. The molecule has 1 unspecified atom stereocenters. The molecule has 106 valence electrons. The summed E-state index contributed by atoms with van der Waals surface area (Å²) in [5.74, 6) is 4.71. The maximum atomic E-state index is 13.9. The minimum atomic E-state index is -0.477. The normalized spacial score (nSPS) is 12.4. The Kier molecular flexibility index (Phi) is 4.70. The fourth-order valence-electron chi connectivity index (χ4n) is 2.09. The molecular weight excluding hydrogens is 282 g/mol. The zero-order chi connectivity index (χ0) is 14.7. The molecule has 0 bridgehead atoms. The van der Waals surface area contributed by atoms with E-state index in [9.17, 15) is 8.78 Å². The lowest BCUT2D eigenvalue weighted by molar-refractivity contribution is 0.509. The minimum absolute atomic E-state index is 0.0444. The Bertz CT molecular complexity index is 617. The first-order valence-corrected chi connectivity index (χ1v) is 6.55. The lowest BCUT2D eigenvalue weighted by Crippen LogP contribution is -2.30. The number of halogens is 3. The number of benzene rings is 2. The van der Waals surface area contributed by atoms with Crippen LogP contribution >= 0.6 is 11.6 Å². The van der Waals surface area contributed by atoms with E-state index in [1.165, 1.54) is 18.2 Å². The molecule has 0 fully saturated rings. The predicted octanol–water partition coefficient (Wildman–Crippen LogP) is 3.67. The number of aryl methyl sites for hydroxylation is 1. The zero-order valence-electron chi connectivity index (χ0n) is 11.0. The molecule has 5 heteroatoms. The Balaban J connectivity index is 2.28. The number of nitrogens with two attached hydrogens (primary N) is 1. The van der Waals surface area contributed by atoms with Crippen molar-refractivity contribution in [3.8, 4) is 0 Å². The van der Waals surface area contributed by atoms with Gasteiger partial charge in [0, 0.05) is 5.56 Å². The third-order valence-corrected chi connectivity index (χ3v) is 3.44. The Morgan fingerprint density at radius 2 is 1.85 bits per heavy atom. The van der Waals surface area contributed by atoms with Crippen LogP contribution in [0.15, 0.2) is 36.4 Å². The van der Waals surface area contributed by atoms with Crippen molar-refractivity contribution in [3.05, 3.63) is 69.7 Å². The second-order valence-corrected chi connectivity index (χ2v) is 5.10. The third-order valence-electron chi connectivity index (χ3n) is 3.15. The maximum Gasteiger partial charge on any atom is 0.141 e. The van der Waals surface area contributed by atoms with Crippen molar-refractivity contribution in [1.82, 2.24) is 5.43 Å². The first-order chi connectivity index (χ1) is 9.51. The van der Waals surface area contributed by atoms with Gasteiger partial charge in [-0.25, -0.2) is 8.78 Å². The Labute approximate surface area is 121 Å². The number of hydrazine groups is 1. The average molecular weight is 297 g/mol. The van der Waals surface area contributed by atoms with Crippen molar-refractivity contribution < 1.29 is 8.78 Å². The molecule has 2 nitrogen and oxygen atoms in total. The van der Waals surface area contributed by atoms with Crippen LogP contribution in [-0.4, -0.2) is 0 Å². The molecule has 2 aromatic carbocycles. The number of hydrogen-bond acceptors (Lipinski definition) is 2. The van der Waals surface area contributed by atoms with Crippen LogP contribution in [-0.2, 0) is 6.42 Å². The molecule has 0 heterocycles. The smallest absolute Gasteiger partial charge is 0.141 e. The minimum Gasteiger partial charge on any atom is -0.271 e. The molecule has 0 saturated heterocycles. The van der Waals surface area contributed by atoms with Gasteiger partial charge in [-0.2, -0.15) is 0 Å². The van der Waals surface area contributed by atoms with Crippen LogP contribution in [0.25, 0.3) is 0 Å². The molecule has 1 atom stereocenters. The SMILES string of the molecule is Cc1ccc(F)c(C(Cc2ccc(F)c(Cl)c2)NN)c1. The van der Waals surface area contributed by atoms with E-state index in [0.29, 0.717) is 12.0 Å². The number of nitrogens with one attached hydrogen (secondary N) is 1. The van der Waals surface area contributed by atoms with Gasteiger partial charge in [0.15, 0.2) is 0 Å². The highest BCUT2D eigenvalue weighted by molar-refractivity contribution is 6.30. The maximum absolute atomic E-state index is 13.9. The van der Waals surface area contributed by atoms with Gasteiger partial charge in [-0.15, -0.1) is 0 Å². The van der Waals surface area contributed by atoms with Crippen molar-refractivity contribution in [2.24, 2.45) is 5.84 Å². The molecule has 0 aromatic heterocycles. The summed E-state index contributed by atoms with van der Waals surface area (Å²) in [5.41, 5.74) is 4.79. The Morgan fingerprint density at radius 1 is 1.15 bits per heavy atom. The molecule has 0 aliphatic carbocycles. The van der Waals surface area contributed by atoms with Crippen molar-refractivity contribution in [1.29, 1.82) is 0 Å². The van der Waals surface area contributed by atoms with Crippen LogP contribution in [0.2, 0.25) is 5.02 Å². The van der Waals surface area contributed by atoms with E-state index in [-0.39, 0.29) is 10.8 Å². The summed E-state index contributed by atoms with van der Waals surface area (Å²) in [6.07, 6.45) is 0.414. The Morgan fingerprint density at radius 3 is 2.50 bits per heavy atom. The summed E-state index contributed by atoms with van der Waals surface area (Å²) in [5, 5.41) is 0.0444. The van der Waals surface area contributed by atoms with Gasteiger partial charge in [0.25, 0.3) is 0 Å². The number of hydrogen-bond donors (Lipinski definition) is 2. The highest BCUT2D eigenvalue weighted by atomic mass is 35.5. The highest BCUT2D eigenvalue weighted by Crippen LogP contribution is 2.24. The first-order valence-electron chi connectivity index (χ1n) is 6.17. The summed E-state index contributed by atoms with van der Waals surface area (Å²) in [4.78, 5) is 0. The monoisotopic (exact) mass is 296 g/mol. The van der Waals surface area contributed by atoms with E-state index >= 15 is 0 Å². The van der Waals surface area contributed by atoms with E-state index in [2.05, 4.69) is 5.43 Å². The van der Waals surface area contributed by atoms with Crippen molar-refractivity contribution in [2.75, 3.05) is 0 Å². The van der Waals surface area contributed by atoms with Crippen molar-refractivity contribution in [3.63, 3.8) is 0 Å². The van der Waals surface area contributed by atoms with Crippen LogP contribution in [0.1, 0.15) is 22.7 Å². The Hall–Kier alpha value is -1.49. The van der Waals surface area contributed by atoms with Gasteiger partial charge in [0.2, 0.25) is 0 Å². The van der Waals surface area contributed by atoms with Gasteiger partial charge in [0.05, 0.1) is 11.1 Å². The lowest BCUT2D eigenvalue weighted by atomic mass is 9.97. The van der Waals surface area contributed by atoms with E-state index in [0.717, 1.165) is 11.1 Å². The van der Waals surface area contributed by atoms with E-state index in [1.54, 1.807) is 18.2 Å². The van der Waals surface area contributed by atoms with E-state index in [1.807, 2.05) is 6.92 Å². The predicted molar refractivity (Wildman–Crippen MR) is 76.3 cm³/mol. The summed E-state index contributed by atoms with van der Waals surface area (Å²) < 4.78 is 27.0. The van der Waals surface area contributed by atoms with Gasteiger partial charge in [-0.3, -0.25) is 11.3 Å². The van der Waals surface area contributed by atoms with Gasteiger partial charge < -0.3 is 0 Å². The molecule has 3 N–H and O–H groups in total. The standard InChI is InChI=1S/C15H15ClF2N2/c1-9-2-4-13(17)11(6-9)15(20-19)8-10-3-5-14(18)12(16)7-10/h2-7,15,20H,8,19H2,1H3. The van der Waals surface area contributed by atoms with Gasteiger partial charge >= 0.3 is 0 Å². The second-order valence-electron chi connectivity index (χ2n) is 4.70. The second kappa shape index (κ2) is 6.31. The van der Waals surface area contributed by atoms with Gasteiger partial charge in [-0.1, -0.05) is 35.4 Å². The molecule has 0 aliphatic heterocycles. The van der Waals surface area contributed by atoms with Gasteiger partial charge in [-0.05, 0) is 37.1 Å². The number of rotatable bonds is 4. The zero-order valence-corrected chi connectivity index (χ0v) is 11.7. The fraction of sp³-hybridized carbons (Fsp3) is 0.200. The molecule has 0 spiro atoms. The molecular formula is C15H15ClF2N2. The van der Waals surface area contributed by atoms with E-state index in [4.69, 9.17) is 17.4 Å². The molecule has 0 saturated carbocycles. The van der Waals surface area contributed by atoms with Gasteiger partial charge in [0.1, 0.15) is 11.6 Å². The van der Waals surface area contributed by atoms with Crippen molar-refractivity contribution >= 4 is 11.6 Å². The molecule has 0 amide bonds. The fourth-order valence-corrected chi connectivity index (χ4v) is 2.29. The average Bonchev–Trinajstić information content (AvgIpc) is 2.43. The molecule has 2 rings (SSSR count). The van der Waals surface area contributed by atoms with Crippen LogP contribution in [0.3, 0.4) is 0 Å². The molecule has 0 aliphatic rings. The van der Waals surface area contributed by atoms with Crippen LogP contribution in [0, 0.1) is 18.6 Å². The van der Waals surface area contributed by atoms with Crippen LogP contribution < -0.4 is 11.3 Å². The third kappa shape index (κ3) is 3.33. The highest BCUT2D eigenvalue weighted by Gasteiger charge is 2.16. The van der Waals surface area contributed by atoms with Crippen molar-refractivity contribution in [2.45, 2.75) is 19.4 Å². The molecule has 0 radical (unpaired) electrons. The van der Waals surface area contributed by atoms with E-state index < -0.39 is 11.9 Å². The lowest BCUT2D eigenvalue weighted by Gasteiger charge is -2.18. The largest absolute Gasteiger partial charge is 0.271 e. The summed E-state index contributed by atoms with van der Waals surface area (Å²) >= 11 is 5.74. The summed E-state index contributed by atoms with van der Waals surface area (Å²) in [7, 11) is 0. The summed E-state index contributed by atoms with van der Waals surface area (Å²) in [6, 6.07) is 8.86. The quantitative estimate of drug-likeness (QED) is 0.667. The van der Waals surface area contributed by atoms with Crippen LogP contribution in [0.4, 0.5) is 8.78 Å². The first kappa shape index (κ1) is 14.9. The molecule has 20 heavy (non-hydrogen) atoms. The topological polar surface area (TPSA) is 38.0 Å². The van der Waals surface area contributed by atoms with Crippen LogP contribution in [0.5, 0.6) is 0 Å².